The third kappa shape index (κ3) is 4.09. The van der Waals surface area contributed by atoms with Crippen LogP contribution in [0, 0.1) is 6.92 Å². The Hall–Kier alpha value is -1.14. The summed E-state index contributed by atoms with van der Waals surface area (Å²) in [6.07, 6.45) is 9.94. The minimum absolute atomic E-state index is 0.00465. The van der Waals surface area contributed by atoms with E-state index in [2.05, 4.69) is 10.3 Å². The summed E-state index contributed by atoms with van der Waals surface area (Å²) >= 11 is 1.46. The smallest absolute Gasteiger partial charge is 0.263 e. The van der Waals surface area contributed by atoms with Gasteiger partial charge in [0.1, 0.15) is 4.88 Å². The third-order valence-electron chi connectivity index (χ3n) is 5.06. The maximum Gasteiger partial charge on any atom is 0.263 e. The second-order valence-corrected chi connectivity index (χ2v) is 8.23. The van der Waals surface area contributed by atoms with E-state index in [4.69, 9.17) is 4.74 Å². The molecular formula is C18H29N3O2S. The van der Waals surface area contributed by atoms with Crippen molar-refractivity contribution in [2.24, 2.45) is 0 Å². The van der Waals surface area contributed by atoms with E-state index in [1.54, 1.807) is 0 Å². The Morgan fingerprint density at radius 3 is 2.50 bits per heavy atom. The molecule has 1 amide bonds. The van der Waals surface area contributed by atoms with Crippen molar-refractivity contribution in [3.63, 3.8) is 0 Å². The van der Waals surface area contributed by atoms with E-state index in [0.29, 0.717) is 6.10 Å². The normalized spacial score (nSPS) is 25.0. The molecule has 0 radical (unpaired) electrons. The van der Waals surface area contributed by atoms with E-state index in [0.717, 1.165) is 28.5 Å². The Bertz CT molecular complexity index is 567. The summed E-state index contributed by atoms with van der Waals surface area (Å²) in [5.41, 5.74) is 0.810. The van der Waals surface area contributed by atoms with E-state index in [-0.39, 0.29) is 18.1 Å². The zero-order valence-electron chi connectivity index (χ0n) is 15.0. The van der Waals surface area contributed by atoms with Gasteiger partial charge in [0.25, 0.3) is 5.91 Å². The van der Waals surface area contributed by atoms with Gasteiger partial charge in [-0.15, -0.1) is 0 Å². The molecule has 1 aromatic rings. The molecule has 1 N–H and O–H groups in total. The highest BCUT2D eigenvalue weighted by Gasteiger charge is 2.31. The minimum atomic E-state index is 0.00465. The molecule has 0 spiro atoms. The van der Waals surface area contributed by atoms with Gasteiger partial charge in [0, 0.05) is 14.1 Å². The maximum absolute atomic E-state index is 12.7. The van der Waals surface area contributed by atoms with Gasteiger partial charge in [-0.25, -0.2) is 4.98 Å². The van der Waals surface area contributed by atoms with Crippen molar-refractivity contribution in [1.82, 2.24) is 10.3 Å². The molecule has 3 rings (SSSR count). The summed E-state index contributed by atoms with van der Waals surface area (Å²) in [7, 11) is 3.90. The van der Waals surface area contributed by atoms with Crippen LogP contribution in [0.3, 0.4) is 0 Å². The number of aryl methyl sites for hydroxylation is 1. The molecule has 2 aliphatic carbocycles. The van der Waals surface area contributed by atoms with Crippen LogP contribution in [0.4, 0.5) is 5.13 Å². The van der Waals surface area contributed by atoms with Crippen molar-refractivity contribution >= 4 is 22.4 Å². The van der Waals surface area contributed by atoms with Gasteiger partial charge < -0.3 is 15.0 Å². The Labute approximate surface area is 148 Å². The van der Waals surface area contributed by atoms with Gasteiger partial charge in [0.15, 0.2) is 5.13 Å². The van der Waals surface area contributed by atoms with Gasteiger partial charge in [-0.05, 0) is 32.6 Å². The summed E-state index contributed by atoms with van der Waals surface area (Å²) in [6, 6.07) is 0.135. The van der Waals surface area contributed by atoms with Crippen LogP contribution in [0.2, 0.25) is 0 Å². The quantitative estimate of drug-likeness (QED) is 0.882. The Morgan fingerprint density at radius 1 is 1.17 bits per heavy atom. The van der Waals surface area contributed by atoms with Gasteiger partial charge in [0.05, 0.1) is 23.9 Å². The van der Waals surface area contributed by atoms with Crippen LogP contribution in [-0.4, -0.2) is 43.2 Å². The Balaban J connectivity index is 1.64. The predicted octanol–water partition coefficient (Wildman–Crippen LogP) is 3.52. The molecule has 2 saturated carbocycles. The zero-order chi connectivity index (χ0) is 17.1. The number of anilines is 1. The number of aromatic nitrogens is 1. The maximum atomic E-state index is 12.7. The fourth-order valence-corrected chi connectivity index (χ4v) is 4.61. The first-order valence-electron chi connectivity index (χ1n) is 9.15. The van der Waals surface area contributed by atoms with Gasteiger partial charge >= 0.3 is 0 Å². The molecule has 2 aliphatic rings. The van der Waals surface area contributed by atoms with Crippen molar-refractivity contribution in [2.45, 2.75) is 76.5 Å². The molecule has 2 atom stereocenters. The SMILES string of the molecule is Cc1nc(N(C)C)sc1C(=O)N[C@@H]1CCCC[C@@H]1OC1CCCC1. The predicted molar refractivity (Wildman–Crippen MR) is 98.0 cm³/mol. The van der Waals surface area contributed by atoms with Gasteiger partial charge in [-0.1, -0.05) is 37.0 Å². The molecule has 0 unspecified atom stereocenters. The first-order valence-corrected chi connectivity index (χ1v) is 9.97. The van der Waals surface area contributed by atoms with Crippen molar-refractivity contribution in [3.05, 3.63) is 10.6 Å². The lowest BCUT2D eigenvalue weighted by Crippen LogP contribution is -2.47. The number of nitrogens with one attached hydrogen (secondary N) is 1. The van der Waals surface area contributed by atoms with Gasteiger partial charge in [0.2, 0.25) is 0 Å². The number of thiazole rings is 1. The first kappa shape index (κ1) is 17.7. The summed E-state index contributed by atoms with van der Waals surface area (Å²) < 4.78 is 6.34. The van der Waals surface area contributed by atoms with Gasteiger partial charge in [-0.3, -0.25) is 4.79 Å². The van der Waals surface area contributed by atoms with Crippen LogP contribution < -0.4 is 10.2 Å². The van der Waals surface area contributed by atoms with Crippen LogP contribution in [0.15, 0.2) is 0 Å². The van der Waals surface area contributed by atoms with Crippen LogP contribution in [-0.2, 0) is 4.74 Å². The number of amides is 1. The highest BCUT2D eigenvalue weighted by molar-refractivity contribution is 7.17. The lowest BCUT2D eigenvalue weighted by atomic mass is 9.92. The first-order chi connectivity index (χ1) is 11.5. The molecule has 0 saturated heterocycles. The molecule has 5 nitrogen and oxygen atoms in total. The number of carbonyl (C=O) groups is 1. The van der Waals surface area contributed by atoms with E-state index >= 15 is 0 Å². The molecule has 24 heavy (non-hydrogen) atoms. The summed E-state index contributed by atoms with van der Waals surface area (Å²) in [5, 5.41) is 4.12. The van der Waals surface area contributed by atoms with Crippen LogP contribution >= 0.6 is 11.3 Å². The van der Waals surface area contributed by atoms with Crippen LogP contribution in [0.25, 0.3) is 0 Å². The van der Waals surface area contributed by atoms with Gasteiger partial charge in [-0.2, -0.15) is 0 Å². The Morgan fingerprint density at radius 2 is 1.83 bits per heavy atom. The summed E-state index contributed by atoms with van der Waals surface area (Å²) in [5.74, 6) is 0.00465. The fraction of sp³-hybridized carbons (Fsp3) is 0.778. The third-order valence-corrected chi connectivity index (χ3v) is 6.39. The minimum Gasteiger partial charge on any atom is -0.373 e. The van der Waals surface area contributed by atoms with Crippen molar-refractivity contribution in [3.8, 4) is 0 Å². The monoisotopic (exact) mass is 351 g/mol. The average molecular weight is 352 g/mol. The molecule has 1 heterocycles. The molecule has 0 aliphatic heterocycles. The summed E-state index contributed by atoms with van der Waals surface area (Å²) in [6.45, 7) is 1.91. The Kier molecular flexibility index (Phi) is 5.76. The second-order valence-electron chi connectivity index (χ2n) is 7.25. The molecule has 0 bridgehead atoms. The highest BCUT2D eigenvalue weighted by Crippen LogP contribution is 2.29. The van der Waals surface area contributed by atoms with Crippen LogP contribution in [0.1, 0.15) is 66.7 Å². The number of rotatable bonds is 5. The standard InChI is InChI=1S/C18H29N3O2S/c1-12-16(24-18(19-12)21(2)3)17(22)20-14-10-6-7-11-15(14)23-13-8-4-5-9-13/h13-15H,4-11H2,1-3H3,(H,20,22)/t14-,15+/m1/s1. The number of ether oxygens (including phenoxy) is 1. The topological polar surface area (TPSA) is 54.5 Å². The number of nitrogens with zero attached hydrogens (tertiary/aromatic N) is 2. The number of hydrogen-bond donors (Lipinski definition) is 1. The lowest BCUT2D eigenvalue weighted by Gasteiger charge is -2.34. The molecule has 2 fully saturated rings. The highest BCUT2D eigenvalue weighted by atomic mass is 32.1. The molecule has 1 aromatic heterocycles. The average Bonchev–Trinajstić information content (AvgIpc) is 3.18. The molecule has 6 heteroatoms. The number of carbonyl (C=O) groups excluding carboxylic acids is 1. The largest absolute Gasteiger partial charge is 0.373 e. The summed E-state index contributed by atoms with van der Waals surface area (Å²) in [4.78, 5) is 19.9. The molecule has 0 aromatic carbocycles. The van der Waals surface area contributed by atoms with Crippen LogP contribution in [0.5, 0.6) is 0 Å². The van der Waals surface area contributed by atoms with E-state index < -0.39 is 0 Å². The number of hydrogen-bond acceptors (Lipinski definition) is 5. The lowest BCUT2D eigenvalue weighted by molar-refractivity contribution is -0.0419. The molecular weight excluding hydrogens is 322 g/mol. The van der Waals surface area contributed by atoms with E-state index in [9.17, 15) is 4.79 Å². The van der Waals surface area contributed by atoms with E-state index in [1.807, 2.05) is 25.9 Å². The second kappa shape index (κ2) is 7.83. The fourth-order valence-electron chi connectivity index (χ4n) is 3.71. The van der Waals surface area contributed by atoms with Crippen molar-refractivity contribution in [2.75, 3.05) is 19.0 Å². The zero-order valence-corrected chi connectivity index (χ0v) is 15.8. The van der Waals surface area contributed by atoms with Crippen molar-refractivity contribution in [1.29, 1.82) is 0 Å². The van der Waals surface area contributed by atoms with Crippen molar-refractivity contribution < 1.29 is 9.53 Å². The van der Waals surface area contributed by atoms with E-state index in [1.165, 1.54) is 49.9 Å². The molecule has 134 valence electrons.